The lowest BCUT2D eigenvalue weighted by atomic mass is 10.1. The van der Waals surface area contributed by atoms with Crippen molar-refractivity contribution in [1.29, 1.82) is 0 Å². The molecule has 0 saturated carbocycles. The van der Waals surface area contributed by atoms with Crippen LogP contribution in [-0.2, 0) is 16.1 Å². The quantitative estimate of drug-likeness (QED) is 0.575. The second-order valence-electron chi connectivity index (χ2n) is 7.26. The maximum absolute atomic E-state index is 13.1. The molecule has 2 fully saturated rings. The highest BCUT2D eigenvalue weighted by atomic mass is 32.2. The number of amides is 2. The second kappa shape index (κ2) is 8.47. The van der Waals surface area contributed by atoms with E-state index in [4.69, 9.17) is 0 Å². The van der Waals surface area contributed by atoms with E-state index in [1.54, 1.807) is 11.8 Å². The zero-order valence-electron chi connectivity index (χ0n) is 16.1. The summed E-state index contributed by atoms with van der Waals surface area (Å²) in [6.07, 6.45) is 2.24. The lowest BCUT2D eigenvalue weighted by molar-refractivity contribution is -0.123. The smallest absolute Gasteiger partial charge is 0.251 e. The third-order valence-electron chi connectivity index (χ3n) is 5.55. The number of nitrogens with zero attached hydrogens (tertiary/aromatic N) is 3. The fourth-order valence-corrected chi connectivity index (χ4v) is 4.63. The second-order valence-corrected chi connectivity index (χ2v) is 8.10. The molecule has 2 amide bonds. The van der Waals surface area contributed by atoms with Gasteiger partial charge in [-0.05, 0) is 24.0 Å². The highest BCUT2D eigenvalue weighted by Gasteiger charge is 2.43. The third-order valence-corrected chi connectivity index (χ3v) is 6.33. The van der Waals surface area contributed by atoms with Crippen LogP contribution >= 0.6 is 11.8 Å². The van der Waals surface area contributed by atoms with Gasteiger partial charge in [-0.1, -0.05) is 42.5 Å². The Bertz CT molecular complexity index is 850. The largest absolute Gasteiger partial charge is 0.297 e. The molecule has 6 heteroatoms. The molecular weight excluding hydrogens is 370 g/mol. The van der Waals surface area contributed by atoms with E-state index in [0.717, 1.165) is 43.3 Å². The van der Waals surface area contributed by atoms with Crippen LogP contribution in [0.2, 0.25) is 0 Å². The Hall–Kier alpha value is -2.15. The van der Waals surface area contributed by atoms with Crippen LogP contribution in [0.5, 0.6) is 0 Å². The van der Waals surface area contributed by atoms with Crippen LogP contribution in [0, 0.1) is 0 Å². The van der Waals surface area contributed by atoms with Gasteiger partial charge in [-0.3, -0.25) is 19.4 Å². The third kappa shape index (κ3) is 3.85. The van der Waals surface area contributed by atoms with Gasteiger partial charge in [0.1, 0.15) is 0 Å². The van der Waals surface area contributed by atoms with E-state index in [9.17, 15) is 9.59 Å². The van der Waals surface area contributed by atoms with Crippen molar-refractivity contribution in [2.24, 2.45) is 0 Å². The van der Waals surface area contributed by atoms with Crippen molar-refractivity contribution >= 4 is 29.3 Å². The van der Waals surface area contributed by atoms with Crippen LogP contribution in [0.4, 0.5) is 5.69 Å². The number of benzene rings is 2. The molecule has 2 aliphatic rings. The molecule has 0 aromatic heterocycles. The molecule has 5 nitrogen and oxygen atoms in total. The van der Waals surface area contributed by atoms with Gasteiger partial charge in [0.05, 0.1) is 18.2 Å². The monoisotopic (exact) mass is 395 g/mol. The molecule has 0 unspecified atom stereocenters. The van der Waals surface area contributed by atoms with Crippen molar-refractivity contribution in [2.45, 2.75) is 23.9 Å². The van der Waals surface area contributed by atoms with Gasteiger partial charge < -0.3 is 0 Å². The van der Waals surface area contributed by atoms with Gasteiger partial charge in [0.2, 0.25) is 5.91 Å². The van der Waals surface area contributed by atoms with Gasteiger partial charge in [0, 0.05) is 37.6 Å². The van der Waals surface area contributed by atoms with Gasteiger partial charge >= 0.3 is 0 Å². The number of piperazine rings is 1. The first-order valence-corrected chi connectivity index (χ1v) is 10.9. The van der Waals surface area contributed by atoms with E-state index in [-0.39, 0.29) is 24.3 Å². The highest BCUT2D eigenvalue weighted by molar-refractivity contribution is 7.98. The minimum absolute atomic E-state index is 0.0805. The number of carbonyl (C=O) groups excluding carboxylic acids is 2. The van der Waals surface area contributed by atoms with Gasteiger partial charge in [-0.25, -0.2) is 4.90 Å². The van der Waals surface area contributed by atoms with Gasteiger partial charge in [-0.2, -0.15) is 0 Å². The van der Waals surface area contributed by atoms with Gasteiger partial charge in [-0.15, -0.1) is 11.8 Å². The molecule has 2 aromatic carbocycles. The van der Waals surface area contributed by atoms with Crippen molar-refractivity contribution in [1.82, 2.24) is 9.80 Å². The minimum atomic E-state index is -0.332. The van der Waals surface area contributed by atoms with E-state index >= 15 is 0 Å². The fraction of sp³-hybridized carbons (Fsp3) is 0.364. The summed E-state index contributed by atoms with van der Waals surface area (Å²) in [6, 6.07) is 17.8. The molecule has 0 N–H and O–H groups in total. The SMILES string of the molecule is CSc1ccccc1N1C(=O)C[C@H](N2CCN(Cc3ccccc3)CC2)C1=O. The predicted molar refractivity (Wildman–Crippen MR) is 112 cm³/mol. The zero-order valence-corrected chi connectivity index (χ0v) is 16.9. The maximum Gasteiger partial charge on any atom is 0.251 e. The van der Waals surface area contributed by atoms with Crippen molar-refractivity contribution < 1.29 is 9.59 Å². The number of rotatable bonds is 5. The molecule has 146 valence electrons. The van der Waals surface area contributed by atoms with E-state index in [1.165, 1.54) is 10.5 Å². The summed E-state index contributed by atoms with van der Waals surface area (Å²) in [5, 5.41) is 0. The van der Waals surface area contributed by atoms with Crippen molar-refractivity contribution in [3.05, 3.63) is 60.2 Å². The number of para-hydroxylation sites is 1. The lowest BCUT2D eigenvalue weighted by Crippen LogP contribution is -2.52. The molecule has 2 aliphatic heterocycles. The number of thioether (sulfide) groups is 1. The van der Waals surface area contributed by atoms with Gasteiger partial charge in [0.15, 0.2) is 0 Å². The van der Waals surface area contributed by atoms with E-state index < -0.39 is 0 Å². The Morgan fingerprint density at radius 3 is 2.32 bits per heavy atom. The Morgan fingerprint density at radius 1 is 0.929 bits per heavy atom. The molecular formula is C22H25N3O2S. The summed E-state index contributed by atoms with van der Waals surface area (Å²) >= 11 is 1.56. The highest BCUT2D eigenvalue weighted by Crippen LogP contribution is 2.33. The number of hydrogen-bond donors (Lipinski definition) is 0. The average molecular weight is 396 g/mol. The molecule has 0 aliphatic carbocycles. The molecule has 2 aromatic rings. The Kier molecular flexibility index (Phi) is 5.80. The van der Waals surface area contributed by atoms with Crippen molar-refractivity contribution in [3.63, 3.8) is 0 Å². The summed E-state index contributed by atoms with van der Waals surface area (Å²) in [4.78, 5) is 32.7. The molecule has 28 heavy (non-hydrogen) atoms. The van der Waals surface area contributed by atoms with Gasteiger partial charge in [0.25, 0.3) is 5.91 Å². The van der Waals surface area contributed by atoms with E-state index in [2.05, 4.69) is 34.1 Å². The van der Waals surface area contributed by atoms with Crippen LogP contribution < -0.4 is 4.90 Å². The van der Waals surface area contributed by atoms with E-state index in [0.29, 0.717) is 0 Å². The van der Waals surface area contributed by atoms with E-state index in [1.807, 2.05) is 36.6 Å². The standard InChI is InChI=1S/C22H25N3O2S/c1-28-20-10-6-5-9-18(20)25-21(26)15-19(22(25)27)24-13-11-23(12-14-24)16-17-7-3-2-4-8-17/h2-10,19H,11-16H2,1H3/t19-/m0/s1. The normalized spacial score (nSPS) is 21.5. The summed E-state index contributed by atoms with van der Waals surface area (Å²) < 4.78 is 0. The lowest BCUT2D eigenvalue weighted by Gasteiger charge is -2.37. The molecule has 1 atom stereocenters. The molecule has 2 saturated heterocycles. The van der Waals surface area contributed by atoms with Crippen molar-refractivity contribution in [3.8, 4) is 0 Å². The molecule has 4 rings (SSSR count). The first-order valence-electron chi connectivity index (χ1n) is 9.67. The Balaban J connectivity index is 1.41. The zero-order chi connectivity index (χ0) is 19.5. The minimum Gasteiger partial charge on any atom is -0.297 e. The molecule has 0 radical (unpaired) electrons. The number of hydrogen-bond acceptors (Lipinski definition) is 5. The van der Waals surface area contributed by atoms with Crippen LogP contribution in [0.15, 0.2) is 59.5 Å². The maximum atomic E-state index is 13.1. The fourth-order valence-electron chi connectivity index (χ4n) is 4.04. The number of imide groups is 1. The molecule has 0 bridgehead atoms. The summed E-state index contributed by atoms with van der Waals surface area (Å²) in [5.74, 6) is -0.175. The first-order chi connectivity index (χ1) is 13.7. The summed E-state index contributed by atoms with van der Waals surface area (Å²) in [6.45, 7) is 4.38. The van der Waals surface area contributed by atoms with Crippen molar-refractivity contribution in [2.75, 3.05) is 37.3 Å². The predicted octanol–water partition coefficient (Wildman–Crippen LogP) is 2.86. The topological polar surface area (TPSA) is 43.9 Å². The Labute approximate surface area is 170 Å². The first kappa shape index (κ1) is 19.2. The number of carbonyl (C=O) groups is 2. The molecule has 0 spiro atoms. The van der Waals surface area contributed by atoms with Crippen LogP contribution in [0.25, 0.3) is 0 Å². The average Bonchev–Trinajstić information content (AvgIpc) is 3.03. The number of anilines is 1. The van der Waals surface area contributed by atoms with Crippen LogP contribution in [0.1, 0.15) is 12.0 Å². The van der Waals surface area contributed by atoms with Crippen LogP contribution in [-0.4, -0.2) is 60.1 Å². The summed E-state index contributed by atoms with van der Waals surface area (Å²) in [7, 11) is 0. The Morgan fingerprint density at radius 2 is 1.61 bits per heavy atom. The van der Waals surface area contributed by atoms with Crippen LogP contribution in [0.3, 0.4) is 0 Å². The summed E-state index contributed by atoms with van der Waals surface area (Å²) in [5.41, 5.74) is 2.03. The molecule has 2 heterocycles.